The number of carbonyl (C=O) groups is 2. The van der Waals surface area contributed by atoms with Crippen molar-refractivity contribution in [2.75, 3.05) is 54.1 Å². The van der Waals surface area contributed by atoms with E-state index in [1.165, 1.54) is 4.90 Å². The van der Waals surface area contributed by atoms with E-state index in [9.17, 15) is 22.8 Å². The van der Waals surface area contributed by atoms with E-state index in [1.807, 2.05) is 0 Å². The zero-order valence-electron chi connectivity index (χ0n) is 22.3. The van der Waals surface area contributed by atoms with Gasteiger partial charge in [-0.15, -0.1) is 0 Å². The zero-order valence-corrected chi connectivity index (χ0v) is 22.3. The topological polar surface area (TPSA) is 75.2 Å². The van der Waals surface area contributed by atoms with Gasteiger partial charge in [-0.3, -0.25) is 9.78 Å². The maximum atomic E-state index is 14.3. The Kier molecular flexibility index (Phi) is 7.36. The van der Waals surface area contributed by atoms with Crippen molar-refractivity contribution in [1.82, 2.24) is 19.7 Å². The van der Waals surface area contributed by atoms with Crippen molar-refractivity contribution in [3.8, 4) is 0 Å². The van der Waals surface area contributed by atoms with Gasteiger partial charge in [-0.25, -0.2) is 4.79 Å². The molecule has 4 heterocycles. The Balaban J connectivity index is 1.38. The first kappa shape index (κ1) is 27.2. The van der Waals surface area contributed by atoms with Crippen LogP contribution in [0, 0.1) is 23.2 Å². The Morgan fingerprint density at radius 2 is 2.08 bits per heavy atom. The molecule has 5 rings (SSSR count). The van der Waals surface area contributed by atoms with Crippen LogP contribution < -0.4 is 0 Å². The molecule has 2 saturated heterocycles. The fourth-order valence-corrected chi connectivity index (χ4v) is 7.23. The lowest BCUT2D eigenvalue weighted by molar-refractivity contribution is -0.144. The molecule has 1 aromatic rings. The number of fused-ring (bicyclic) bond motifs is 2. The summed E-state index contributed by atoms with van der Waals surface area (Å²) >= 11 is 0. The third-order valence-electron chi connectivity index (χ3n) is 9.08. The molecular weight excluding hydrogens is 501 g/mol. The van der Waals surface area contributed by atoms with Gasteiger partial charge in [0.15, 0.2) is 0 Å². The molecule has 0 N–H and O–H groups in total. The van der Waals surface area contributed by atoms with Gasteiger partial charge in [-0.05, 0) is 55.1 Å². The molecule has 1 aliphatic carbocycles. The van der Waals surface area contributed by atoms with Crippen molar-refractivity contribution in [3.63, 3.8) is 0 Å². The summed E-state index contributed by atoms with van der Waals surface area (Å²) in [5.74, 6) is 0.651. The number of aromatic nitrogens is 1. The summed E-state index contributed by atoms with van der Waals surface area (Å²) < 4.78 is 51.2. The van der Waals surface area contributed by atoms with Crippen LogP contribution in [0.2, 0.25) is 0 Å². The maximum absolute atomic E-state index is 14.3. The summed E-state index contributed by atoms with van der Waals surface area (Å²) in [6, 6.07) is 1.01. The van der Waals surface area contributed by atoms with Crippen LogP contribution in [0.1, 0.15) is 42.5 Å². The lowest BCUT2D eigenvalue weighted by Crippen LogP contribution is -2.49. The highest BCUT2D eigenvalue weighted by Gasteiger charge is 2.59. The predicted octanol–water partition coefficient (Wildman–Crippen LogP) is 3.44. The Bertz CT molecular complexity index is 1070. The quantitative estimate of drug-likeness (QED) is 0.587. The Labute approximate surface area is 221 Å². The number of carbonyl (C=O) groups excluding carboxylic acids is 2. The first-order valence-corrected chi connectivity index (χ1v) is 13.4. The standard InChI is InChI=1S/C27H37F3N4O4/c1-32(2)25(36)34-14-21-9-17(8-18-5-7-38-15-23(18)37-3)11-26(21,16-34)24(35)33-6-4-22-19(13-33)10-20(12-31-22)27(28,29)30/h10,12,17-18,21,23H,4-9,11,13-16H2,1-3H3/t17-,18?,21+,23?,26+/m1/s1. The molecule has 4 aliphatic rings. The summed E-state index contributed by atoms with van der Waals surface area (Å²) in [5.41, 5.74) is -0.459. The number of urea groups is 1. The van der Waals surface area contributed by atoms with Gasteiger partial charge < -0.3 is 24.2 Å². The molecule has 3 aliphatic heterocycles. The van der Waals surface area contributed by atoms with Gasteiger partial charge in [0.2, 0.25) is 5.91 Å². The van der Waals surface area contributed by atoms with Crippen molar-refractivity contribution >= 4 is 11.9 Å². The molecule has 0 aromatic carbocycles. The summed E-state index contributed by atoms with van der Waals surface area (Å²) in [6.07, 6.45) is 0.224. The van der Waals surface area contributed by atoms with Gasteiger partial charge in [-0.1, -0.05) is 0 Å². The van der Waals surface area contributed by atoms with E-state index in [1.54, 1.807) is 31.0 Å². The number of alkyl halides is 3. The van der Waals surface area contributed by atoms with Crippen molar-refractivity contribution < 1.29 is 32.2 Å². The second-order valence-corrected chi connectivity index (χ2v) is 11.7. The SMILES string of the molecule is COC1COCCC1C[C@@H]1C[C@H]2CN(C(=O)N(C)C)C[C@@]2(C(=O)N2CCc3ncc(C(F)(F)F)cc3C2)C1. The second kappa shape index (κ2) is 10.3. The highest BCUT2D eigenvalue weighted by Crippen LogP contribution is 2.54. The van der Waals surface area contributed by atoms with E-state index >= 15 is 0 Å². The van der Waals surface area contributed by atoms with E-state index < -0.39 is 17.2 Å². The van der Waals surface area contributed by atoms with Gasteiger partial charge in [0.25, 0.3) is 0 Å². The smallest absolute Gasteiger partial charge is 0.379 e. The normalized spacial score (nSPS) is 31.2. The van der Waals surface area contributed by atoms with E-state index in [0.29, 0.717) is 68.8 Å². The number of hydrogen-bond donors (Lipinski definition) is 0. The Hall–Kier alpha value is -2.40. The number of methoxy groups -OCH3 is 1. The number of pyridine rings is 1. The molecule has 3 fully saturated rings. The van der Waals surface area contributed by atoms with Crippen molar-refractivity contribution in [3.05, 3.63) is 29.1 Å². The first-order valence-electron chi connectivity index (χ1n) is 13.4. The average molecular weight is 539 g/mol. The molecule has 5 atom stereocenters. The number of ether oxygens (including phenoxy) is 2. The number of nitrogens with zero attached hydrogens (tertiary/aromatic N) is 4. The lowest BCUT2D eigenvalue weighted by atomic mass is 9.78. The Morgan fingerprint density at radius 3 is 2.79 bits per heavy atom. The molecule has 1 aromatic heterocycles. The number of hydrogen-bond acceptors (Lipinski definition) is 5. The summed E-state index contributed by atoms with van der Waals surface area (Å²) in [6.45, 7) is 2.67. The van der Waals surface area contributed by atoms with Crippen molar-refractivity contribution in [2.24, 2.45) is 23.2 Å². The van der Waals surface area contributed by atoms with Crippen LogP contribution in [0.25, 0.3) is 0 Å². The van der Waals surface area contributed by atoms with Crippen LogP contribution in [0.15, 0.2) is 12.3 Å². The molecule has 11 heteroatoms. The van der Waals surface area contributed by atoms with E-state index in [2.05, 4.69) is 4.98 Å². The summed E-state index contributed by atoms with van der Waals surface area (Å²) in [4.78, 5) is 36.2. The number of amides is 3. The minimum atomic E-state index is -4.49. The molecule has 1 saturated carbocycles. The van der Waals surface area contributed by atoms with E-state index in [-0.39, 0.29) is 30.5 Å². The third kappa shape index (κ3) is 4.99. The zero-order chi connectivity index (χ0) is 27.2. The predicted molar refractivity (Wildman–Crippen MR) is 132 cm³/mol. The van der Waals surface area contributed by atoms with Crippen molar-refractivity contribution in [1.29, 1.82) is 0 Å². The molecular formula is C27H37F3N4O4. The van der Waals surface area contributed by atoms with Crippen LogP contribution in [-0.2, 0) is 33.4 Å². The second-order valence-electron chi connectivity index (χ2n) is 11.7. The van der Waals surface area contributed by atoms with Gasteiger partial charge in [0.05, 0.1) is 23.7 Å². The highest BCUT2D eigenvalue weighted by molar-refractivity contribution is 5.86. The fourth-order valence-electron chi connectivity index (χ4n) is 7.23. The maximum Gasteiger partial charge on any atom is 0.417 e. The van der Waals surface area contributed by atoms with Crippen molar-refractivity contribution in [2.45, 2.75) is 50.9 Å². The number of rotatable bonds is 4. The van der Waals surface area contributed by atoms with Gasteiger partial charge in [-0.2, -0.15) is 13.2 Å². The molecule has 3 amide bonds. The third-order valence-corrected chi connectivity index (χ3v) is 9.08. The number of halogens is 3. The minimum absolute atomic E-state index is 0.0192. The summed E-state index contributed by atoms with van der Waals surface area (Å²) in [5, 5.41) is 0. The van der Waals surface area contributed by atoms with Gasteiger partial charge >= 0.3 is 12.2 Å². The van der Waals surface area contributed by atoms with Crippen LogP contribution in [0.4, 0.5) is 18.0 Å². The monoisotopic (exact) mass is 538 g/mol. The lowest BCUT2D eigenvalue weighted by Gasteiger charge is -2.37. The fraction of sp³-hybridized carbons (Fsp3) is 0.741. The first-order chi connectivity index (χ1) is 18.0. The average Bonchev–Trinajstić information content (AvgIpc) is 3.41. The van der Waals surface area contributed by atoms with Gasteiger partial charge in [0, 0.05) is 72.3 Å². The van der Waals surface area contributed by atoms with Gasteiger partial charge in [0.1, 0.15) is 0 Å². The summed E-state index contributed by atoms with van der Waals surface area (Å²) in [7, 11) is 5.12. The molecule has 0 radical (unpaired) electrons. The molecule has 210 valence electrons. The molecule has 8 nitrogen and oxygen atoms in total. The van der Waals surface area contributed by atoms with Crippen LogP contribution in [0.5, 0.6) is 0 Å². The van der Waals surface area contributed by atoms with E-state index in [0.717, 1.165) is 31.5 Å². The van der Waals surface area contributed by atoms with E-state index in [4.69, 9.17) is 9.47 Å². The Morgan fingerprint density at radius 1 is 1.29 bits per heavy atom. The molecule has 38 heavy (non-hydrogen) atoms. The van der Waals surface area contributed by atoms with Crippen LogP contribution >= 0.6 is 0 Å². The largest absolute Gasteiger partial charge is 0.417 e. The minimum Gasteiger partial charge on any atom is -0.379 e. The van der Waals surface area contributed by atoms with Crippen LogP contribution in [-0.4, -0.2) is 91.8 Å². The molecule has 2 unspecified atom stereocenters. The number of likely N-dealkylation sites (tertiary alicyclic amines) is 1. The van der Waals surface area contributed by atoms with Crippen LogP contribution in [0.3, 0.4) is 0 Å². The highest BCUT2D eigenvalue weighted by atomic mass is 19.4. The molecule has 0 bridgehead atoms. The molecule has 0 spiro atoms.